The SMILES string of the molecule is CCOOCc1cnc2n[nH]c(Br)c2c1N1CCOC(CN)C1. The quantitative estimate of drug-likeness (QED) is 0.439. The van der Waals surface area contributed by atoms with Crippen LogP contribution in [0.15, 0.2) is 10.8 Å². The Balaban J connectivity index is 1.99. The number of anilines is 1. The lowest BCUT2D eigenvalue weighted by molar-refractivity contribution is -0.300. The van der Waals surface area contributed by atoms with Crippen LogP contribution in [0, 0.1) is 0 Å². The Morgan fingerprint density at radius 2 is 2.39 bits per heavy atom. The molecule has 1 aliphatic rings. The first-order valence-corrected chi connectivity index (χ1v) is 8.36. The third kappa shape index (κ3) is 3.48. The molecule has 23 heavy (non-hydrogen) atoms. The van der Waals surface area contributed by atoms with Crippen molar-refractivity contribution in [1.29, 1.82) is 0 Å². The van der Waals surface area contributed by atoms with E-state index in [4.69, 9.17) is 20.2 Å². The molecule has 1 fully saturated rings. The van der Waals surface area contributed by atoms with Crippen molar-refractivity contribution < 1.29 is 14.5 Å². The summed E-state index contributed by atoms with van der Waals surface area (Å²) in [4.78, 5) is 16.9. The van der Waals surface area contributed by atoms with E-state index in [2.05, 4.69) is 36.0 Å². The number of fused-ring (bicyclic) bond motifs is 1. The molecule has 9 heteroatoms. The van der Waals surface area contributed by atoms with Gasteiger partial charge in [-0.1, -0.05) is 0 Å². The number of aromatic nitrogens is 3. The van der Waals surface area contributed by atoms with Gasteiger partial charge in [-0.2, -0.15) is 5.10 Å². The predicted molar refractivity (Wildman–Crippen MR) is 89.0 cm³/mol. The van der Waals surface area contributed by atoms with Crippen LogP contribution in [-0.4, -0.2) is 54.1 Å². The van der Waals surface area contributed by atoms with Crippen LogP contribution in [0.1, 0.15) is 12.5 Å². The molecule has 0 aliphatic carbocycles. The number of nitrogens with one attached hydrogen (secondary N) is 1. The van der Waals surface area contributed by atoms with E-state index in [-0.39, 0.29) is 6.10 Å². The molecule has 0 radical (unpaired) electrons. The minimum atomic E-state index is 0.0123. The number of nitrogens with two attached hydrogens (primary N) is 1. The Labute approximate surface area is 142 Å². The number of hydrogen-bond donors (Lipinski definition) is 2. The Bertz CT molecular complexity index is 665. The number of halogens is 1. The fourth-order valence-corrected chi connectivity index (χ4v) is 3.15. The summed E-state index contributed by atoms with van der Waals surface area (Å²) >= 11 is 3.52. The number of H-pyrrole nitrogens is 1. The zero-order chi connectivity index (χ0) is 16.2. The summed E-state index contributed by atoms with van der Waals surface area (Å²) in [6.07, 6.45) is 1.79. The van der Waals surface area contributed by atoms with Crippen molar-refractivity contribution in [3.8, 4) is 0 Å². The maximum absolute atomic E-state index is 5.77. The van der Waals surface area contributed by atoms with Crippen LogP contribution in [0.25, 0.3) is 11.0 Å². The van der Waals surface area contributed by atoms with E-state index < -0.39 is 0 Å². The zero-order valence-corrected chi connectivity index (χ0v) is 14.5. The molecule has 0 aromatic carbocycles. The van der Waals surface area contributed by atoms with E-state index in [1.807, 2.05) is 6.92 Å². The van der Waals surface area contributed by atoms with Gasteiger partial charge in [-0.25, -0.2) is 14.8 Å². The first-order valence-electron chi connectivity index (χ1n) is 7.57. The summed E-state index contributed by atoms with van der Waals surface area (Å²) in [5.41, 5.74) is 8.38. The van der Waals surface area contributed by atoms with E-state index in [1.54, 1.807) is 6.20 Å². The minimum Gasteiger partial charge on any atom is -0.373 e. The first-order chi connectivity index (χ1) is 11.2. The van der Waals surface area contributed by atoms with Crippen LogP contribution in [0.5, 0.6) is 0 Å². The highest BCUT2D eigenvalue weighted by atomic mass is 79.9. The van der Waals surface area contributed by atoms with Crippen molar-refractivity contribution in [2.45, 2.75) is 19.6 Å². The number of ether oxygens (including phenoxy) is 1. The van der Waals surface area contributed by atoms with Crippen LogP contribution in [0.2, 0.25) is 0 Å². The molecule has 126 valence electrons. The third-order valence-electron chi connectivity index (χ3n) is 3.72. The smallest absolute Gasteiger partial charge is 0.184 e. The van der Waals surface area contributed by atoms with Gasteiger partial charge in [0.15, 0.2) is 5.65 Å². The van der Waals surface area contributed by atoms with Gasteiger partial charge in [0.05, 0.1) is 30.4 Å². The first kappa shape index (κ1) is 16.6. The van der Waals surface area contributed by atoms with Gasteiger partial charge < -0.3 is 15.4 Å². The van der Waals surface area contributed by atoms with Crippen LogP contribution >= 0.6 is 15.9 Å². The topological polar surface area (TPSA) is 98.5 Å². The second-order valence-electron chi connectivity index (χ2n) is 5.21. The highest BCUT2D eigenvalue weighted by molar-refractivity contribution is 9.10. The molecule has 2 aromatic rings. The van der Waals surface area contributed by atoms with Gasteiger partial charge in [0.1, 0.15) is 11.2 Å². The monoisotopic (exact) mass is 385 g/mol. The van der Waals surface area contributed by atoms with Gasteiger partial charge in [0, 0.05) is 31.4 Å². The van der Waals surface area contributed by atoms with Crippen molar-refractivity contribution in [3.63, 3.8) is 0 Å². The van der Waals surface area contributed by atoms with E-state index in [1.165, 1.54) is 0 Å². The number of rotatable bonds is 6. The molecule has 8 nitrogen and oxygen atoms in total. The zero-order valence-electron chi connectivity index (χ0n) is 12.9. The van der Waals surface area contributed by atoms with Gasteiger partial charge in [-0.15, -0.1) is 0 Å². The molecule has 3 heterocycles. The van der Waals surface area contributed by atoms with Gasteiger partial charge in [-0.05, 0) is 22.9 Å². The summed E-state index contributed by atoms with van der Waals surface area (Å²) in [5, 5.41) is 8.07. The van der Waals surface area contributed by atoms with Crippen molar-refractivity contribution in [2.24, 2.45) is 5.73 Å². The predicted octanol–water partition coefficient (Wildman–Crippen LogP) is 1.35. The summed E-state index contributed by atoms with van der Waals surface area (Å²) in [7, 11) is 0. The molecule has 1 saturated heterocycles. The number of aromatic amines is 1. The molecule has 0 amide bonds. The van der Waals surface area contributed by atoms with Gasteiger partial charge >= 0.3 is 0 Å². The van der Waals surface area contributed by atoms with Crippen LogP contribution in [0.4, 0.5) is 5.69 Å². The molecular formula is C14H20BrN5O3. The largest absolute Gasteiger partial charge is 0.373 e. The molecule has 1 aliphatic heterocycles. The van der Waals surface area contributed by atoms with Crippen molar-refractivity contribution in [1.82, 2.24) is 15.2 Å². The number of nitrogens with zero attached hydrogens (tertiary/aromatic N) is 3. The summed E-state index contributed by atoms with van der Waals surface area (Å²) in [6, 6.07) is 0. The number of hydrogen-bond acceptors (Lipinski definition) is 7. The maximum Gasteiger partial charge on any atom is 0.184 e. The Kier molecular flexibility index (Phi) is 5.44. The number of pyridine rings is 1. The molecule has 1 unspecified atom stereocenters. The average Bonchev–Trinajstić information content (AvgIpc) is 2.96. The molecule has 0 spiro atoms. The van der Waals surface area contributed by atoms with Gasteiger partial charge in [-0.3, -0.25) is 5.10 Å². The second kappa shape index (κ2) is 7.54. The average molecular weight is 386 g/mol. The molecule has 3 N–H and O–H groups in total. The fourth-order valence-electron chi connectivity index (χ4n) is 2.70. The van der Waals surface area contributed by atoms with E-state index in [0.29, 0.717) is 32.0 Å². The fraction of sp³-hybridized carbons (Fsp3) is 0.571. The summed E-state index contributed by atoms with van der Waals surface area (Å²) < 4.78 is 6.46. The number of morpholine rings is 1. The van der Waals surface area contributed by atoms with Crippen LogP contribution < -0.4 is 10.6 Å². The lowest BCUT2D eigenvalue weighted by Gasteiger charge is -2.35. The molecule has 0 saturated carbocycles. The lowest BCUT2D eigenvalue weighted by atomic mass is 10.1. The highest BCUT2D eigenvalue weighted by Crippen LogP contribution is 2.34. The van der Waals surface area contributed by atoms with E-state index in [9.17, 15) is 0 Å². The molecule has 0 bridgehead atoms. The second-order valence-corrected chi connectivity index (χ2v) is 6.00. The van der Waals surface area contributed by atoms with Crippen LogP contribution in [-0.2, 0) is 21.1 Å². The van der Waals surface area contributed by atoms with Crippen molar-refractivity contribution >= 4 is 32.7 Å². The lowest BCUT2D eigenvalue weighted by Crippen LogP contribution is -2.46. The Hall–Kier alpha value is -1.26. The highest BCUT2D eigenvalue weighted by Gasteiger charge is 2.25. The normalized spacial score (nSPS) is 18.7. The van der Waals surface area contributed by atoms with Crippen LogP contribution in [0.3, 0.4) is 0 Å². The Morgan fingerprint density at radius 3 is 3.17 bits per heavy atom. The van der Waals surface area contributed by atoms with Crippen molar-refractivity contribution in [3.05, 3.63) is 16.4 Å². The van der Waals surface area contributed by atoms with E-state index >= 15 is 0 Å². The molecule has 2 aromatic heterocycles. The van der Waals surface area contributed by atoms with Gasteiger partial charge in [0.25, 0.3) is 0 Å². The maximum atomic E-state index is 5.77. The molecular weight excluding hydrogens is 366 g/mol. The Morgan fingerprint density at radius 1 is 1.52 bits per heavy atom. The summed E-state index contributed by atoms with van der Waals surface area (Å²) in [5.74, 6) is 0. The minimum absolute atomic E-state index is 0.0123. The van der Waals surface area contributed by atoms with Crippen molar-refractivity contribution in [2.75, 3.05) is 37.7 Å². The molecule has 1 atom stereocenters. The molecule has 3 rings (SSSR count). The van der Waals surface area contributed by atoms with E-state index in [0.717, 1.165) is 34.3 Å². The third-order valence-corrected chi connectivity index (χ3v) is 4.29. The standard InChI is InChI=1S/C14H20BrN5O3/c1-2-22-23-8-9-6-17-14-11(13(15)18-19-14)12(9)20-3-4-21-10(5-16)7-20/h6,10H,2-5,7-8,16H2,1H3,(H,17,18,19). The van der Waals surface area contributed by atoms with Gasteiger partial charge in [0.2, 0.25) is 0 Å². The summed E-state index contributed by atoms with van der Waals surface area (Å²) in [6.45, 7) is 5.29.